The van der Waals surface area contributed by atoms with Crippen LogP contribution in [0.25, 0.3) is 0 Å². The molecule has 0 spiro atoms. The standard InChI is InChI=1S/C26H34O2/c1-3-5-21-14-18-25(19-15-21)28-26(27)24-16-12-23(13-17-24)11-10-22-8-6-20(4-2)7-9-22/h12-20,22H,3-11H2,1-2H3/t20-,22-. The minimum absolute atomic E-state index is 0.285. The molecule has 0 saturated heterocycles. The molecule has 0 aromatic heterocycles. The Morgan fingerprint density at radius 2 is 1.39 bits per heavy atom. The van der Waals surface area contributed by atoms with Gasteiger partial charge in [-0.25, -0.2) is 4.79 Å². The average Bonchev–Trinajstić information content (AvgIpc) is 2.74. The number of ether oxygens (including phenoxy) is 1. The molecule has 0 heterocycles. The van der Waals surface area contributed by atoms with E-state index in [2.05, 4.69) is 26.0 Å². The Balaban J connectivity index is 1.47. The van der Waals surface area contributed by atoms with Gasteiger partial charge in [0.05, 0.1) is 5.56 Å². The summed E-state index contributed by atoms with van der Waals surface area (Å²) < 4.78 is 5.51. The molecule has 0 atom stereocenters. The molecule has 0 bridgehead atoms. The summed E-state index contributed by atoms with van der Waals surface area (Å²) in [6, 6.07) is 15.8. The van der Waals surface area contributed by atoms with Crippen LogP contribution in [0.4, 0.5) is 0 Å². The monoisotopic (exact) mass is 378 g/mol. The Labute approximate surface area is 170 Å². The van der Waals surface area contributed by atoms with Crippen LogP contribution in [-0.2, 0) is 12.8 Å². The minimum atomic E-state index is -0.285. The third-order valence-corrected chi connectivity index (χ3v) is 6.25. The number of hydrogen-bond acceptors (Lipinski definition) is 2. The Hall–Kier alpha value is -2.09. The van der Waals surface area contributed by atoms with E-state index < -0.39 is 0 Å². The fourth-order valence-electron chi connectivity index (χ4n) is 4.29. The molecule has 1 aliphatic carbocycles. The number of carbonyl (C=O) groups excluding carboxylic acids is 1. The molecule has 2 nitrogen and oxygen atoms in total. The van der Waals surface area contributed by atoms with Crippen molar-refractivity contribution in [1.82, 2.24) is 0 Å². The molecule has 3 rings (SSSR count). The summed E-state index contributed by atoms with van der Waals surface area (Å²) in [6.07, 6.45) is 11.5. The molecule has 2 aromatic carbocycles. The molecule has 2 heteroatoms. The third-order valence-electron chi connectivity index (χ3n) is 6.25. The lowest BCUT2D eigenvalue weighted by Crippen LogP contribution is -2.14. The lowest BCUT2D eigenvalue weighted by atomic mass is 9.78. The van der Waals surface area contributed by atoms with E-state index in [9.17, 15) is 4.79 Å². The maximum absolute atomic E-state index is 12.4. The van der Waals surface area contributed by atoms with Gasteiger partial charge in [0, 0.05) is 0 Å². The van der Waals surface area contributed by atoms with Crippen LogP contribution >= 0.6 is 0 Å². The zero-order valence-electron chi connectivity index (χ0n) is 17.5. The number of rotatable bonds is 8. The maximum atomic E-state index is 12.4. The molecule has 0 radical (unpaired) electrons. The number of aryl methyl sites for hydroxylation is 2. The highest BCUT2D eigenvalue weighted by atomic mass is 16.5. The lowest BCUT2D eigenvalue weighted by molar-refractivity contribution is 0.0734. The van der Waals surface area contributed by atoms with Gasteiger partial charge in [0.25, 0.3) is 0 Å². The van der Waals surface area contributed by atoms with Crippen LogP contribution in [-0.4, -0.2) is 5.97 Å². The quantitative estimate of drug-likeness (QED) is 0.365. The lowest BCUT2D eigenvalue weighted by Gasteiger charge is -2.27. The first-order valence-electron chi connectivity index (χ1n) is 11.1. The van der Waals surface area contributed by atoms with Crippen molar-refractivity contribution in [2.24, 2.45) is 11.8 Å². The van der Waals surface area contributed by atoms with Crippen molar-refractivity contribution >= 4 is 5.97 Å². The Bertz CT molecular complexity index is 722. The second-order valence-electron chi connectivity index (χ2n) is 8.31. The second-order valence-corrected chi connectivity index (χ2v) is 8.31. The molecule has 2 aromatic rings. The van der Waals surface area contributed by atoms with Gasteiger partial charge >= 0.3 is 5.97 Å². The maximum Gasteiger partial charge on any atom is 0.343 e. The molecule has 150 valence electrons. The Morgan fingerprint density at radius 3 is 2.00 bits per heavy atom. The highest BCUT2D eigenvalue weighted by Crippen LogP contribution is 2.33. The van der Waals surface area contributed by atoms with Crippen LogP contribution < -0.4 is 4.74 Å². The van der Waals surface area contributed by atoms with E-state index in [-0.39, 0.29) is 5.97 Å². The molecule has 0 amide bonds. The molecule has 0 aliphatic heterocycles. The predicted octanol–water partition coefficient (Wildman–Crippen LogP) is 7.01. The fraction of sp³-hybridized carbons (Fsp3) is 0.500. The van der Waals surface area contributed by atoms with Gasteiger partial charge in [-0.05, 0) is 66.5 Å². The largest absolute Gasteiger partial charge is 0.423 e. The number of esters is 1. The summed E-state index contributed by atoms with van der Waals surface area (Å²) in [5.74, 6) is 2.16. The first-order valence-corrected chi connectivity index (χ1v) is 11.1. The molecule has 0 unspecified atom stereocenters. The summed E-state index contributed by atoms with van der Waals surface area (Å²) in [5, 5.41) is 0. The van der Waals surface area contributed by atoms with Crippen LogP contribution in [0.15, 0.2) is 48.5 Å². The molecule has 1 fully saturated rings. The van der Waals surface area contributed by atoms with Crippen LogP contribution in [0.2, 0.25) is 0 Å². The van der Waals surface area contributed by atoms with Crippen molar-refractivity contribution in [2.45, 2.75) is 71.6 Å². The highest BCUT2D eigenvalue weighted by Gasteiger charge is 2.19. The number of benzene rings is 2. The summed E-state index contributed by atoms with van der Waals surface area (Å²) in [5.41, 5.74) is 3.21. The van der Waals surface area contributed by atoms with Crippen LogP contribution in [0, 0.1) is 11.8 Å². The van der Waals surface area contributed by atoms with Crippen molar-refractivity contribution in [2.75, 3.05) is 0 Å². The van der Waals surface area contributed by atoms with Gasteiger partial charge in [-0.3, -0.25) is 0 Å². The van der Waals surface area contributed by atoms with E-state index in [0.717, 1.165) is 31.1 Å². The number of hydrogen-bond donors (Lipinski definition) is 0. The van der Waals surface area contributed by atoms with Gasteiger partial charge in [-0.1, -0.05) is 76.6 Å². The smallest absolute Gasteiger partial charge is 0.343 e. The van der Waals surface area contributed by atoms with Crippen LogP contribution in [0.5, 0.6) is 5.75 Å². The Kier molecular flexibility index (Phi) is 7.71. The minimum Gasteiger partial charge on any atom is -0.423 e. The normalized spacial score (nSPS) is 19.4. The van der Waals surface area contributed by atoms with E-state index in [1.54, 1.807) is 0 Å². The van der Waals surface area contributed by atoms with E-state index in [4.69, 9.17) is 4.74 Å². The van der Waals surface area contributed by atoms with Crippen molar-refractivity contribution in [1.29, 1.82) is 0 Å². The molecular weight excluding hydrogens is 344 g/mol. The zero-order valence-corrected chi connectivity index (χ0v) is 17.5. The van der Waals surface area contributed by atoms with Crippen molar-refractivity contribution in [3.8, 4) is 5.75 Å². The Morgan fingerprint density at radius 1 is 0.821 bits per heavy atom. The summed E-state index contributed by atoms with van der Waals surface area (Å²) >= 11 is 0. The first-order chi connectivity index (χ1) is 13.7. The summed E-state index contributed by atoms with van der Waals surface area (Å²) in [6.45, 7) is 4.48. The molecule has 1 aliphatic rings. The van der Waals surface area contributed by atoms with Crippen molar-refractivity contribution < 1.29 is 9.53 Å². The van der Waals surface area contributed by atoms with Crippen LogP contribution in [0.1, 0.15) is 80.3 Å². The highest BCUT2D eigenvalue weighted by molar-refractivity contribution is 5.91. The van der Waals surface area contributed by atoms with E-state index in [0.29, 0.717) is 11.3 Å². The van der Waals surface area contributed by atoms with Gasteiger partial charge in [-0.15, -0.1) is 0 Å². The SMILES string of the molecule is CCCc1ccc(OC(=O)c2ccc(CC[C@H]3CC[C@H](CC)CC3)cc2)cc1. The fourth-order valence-corrected chi connectivity index (χ4v) is 4.29. The second kappa shape index (κ2) is 10.5. The first kappa shape index (κ1) is 20.6. The number of carbonyl (C=O) groups is 1. The summed E-state index contributed by atoms with van der Waals surface area (Å²) in [4.78, 5) is 12.4. The predicted molar refractivity (Wildman–Crippen MR) is 116 cm³/mol. The molecular formula is C26H34O2. The van der Waals surface area contributed by atoms with E-state index in [1.165, 1.54) is 49.7 Å². The third kappa shape index (κ3) is 5.95. The van der Waals surface area contributed by atoms with E-state index in [1.807, 2.05) is 36.4 Å². The average molecular weight is 379 g/mol. The van der Waals surface area contributed by atoms with E-state index >= 15 is 0 Å². The van der Waals surface area contributed by atoms with Crippen molar-refractivity contribution in [3.63, 3.8) is 0 Å². The zero-order chi connectivity index (χ0) is 19.8. The van der Waals surface area contributed by atoms with Gasteiger partial charge in [0.2, 0.25) is 0 Å². The van der Waals surface area contributed by atoms with Gasteiger partial charge in [0.1, 0.15) is 5.75 Å². The summed E-state index contributed by atoms with van der Waals surface area (Å²) in [7, 11) is 0. The molecule has 28 heavy (non-hydrogen) atoms. The van der Waals surface area contributed by atoms with Gasteiger partial charge < -0.3 is 4.74 Å². The van der Waals surface area contributed by atoms with Gasteiger partial charge in [-0.2, -0.15) is 0 Å². The van der Waals surface area contributed by atoms with Crippen molar-refractivity contribution in [3.05, 3.63) is 65.2 Å². The molecule has 0 N–H and O–H groups in total. The molecule has 1 saturated carbocycles. The van der Waals surface area contributed by atoms with Gasteiger partial charge in [0.15, 0.2) is 0 Å². The topological polar surface area (TPSA) is 26.3 Å². The van der Waals surface area contributed by atoms with Crippen LogP contribution in [0.3, 0.4) is 0 Å².